The van der Waals surface area contributed by atoms with Crippen LogP contribution in [-0.4, -0.2) is 17.3 Å². The maximum Gasteiger partial charge on any atom is 0.0191 e. The first-order chi connectivity index (χ1) is 8.34. The summed E-state index contributed by atoms with van der Waals surface area (Å²) >= 11 is 1.97. The molecule has 102 valence electrons. The molecule has 0 spiro atoms. The quantitative estimate of drug-likeness (QED) is 0.757. The average Bonchev–Trinajstić information content (AvgIpc) is 2.30. The normalized spacial score (nSPS) is 13.7. The molecule has 0 fully saturated rings. The molecular formula is C16H27NS. The summed E-state index contributed by atoms with van der Waals surface area (Å²) in [5.74, 6) is 0. The Labute approximate surface area is 117 Å². The van der Waals surface area contributed by atoms with E-state index in [0.717, 1.165) is 13.0 Å². The molecule has 1 aromatic rings. The predicted molar refractivity (Wildman–Crippen MR) is 83.6 cm³/mol. The molecule has 0 radical (unpaired) electrons. The van der Waals surface area contributed by atoms with E-state index in [9.17, 15) is 0 Å². The van der Waals surface area contributed by atoms with Crippen LogP contribution in [0.2, 0.25) is 0 Å². The Morgan fingerprint density at radius 3 is 2.50 bits per heavy atom. The first-order valence-corrected chi connectivity index (χ1v) is 7.71. The third kappa shape index (κ3) is 5.03. The number of rotatable bonds is 6. The summed E-state index contributed by atoms with van der Waals surface area (Å²) in [6, 6.07) is 6.71. The molecule has 1 unspecified atom stereocenters. The lowest BCUT2D eigenvalue weighted by atomic mass is 10.0. The van der Waals surface area contributed by atoms with Crippen LogP contribution in [-0.2, 0) is 0 Å². The molecular weight excluding hydrogens is 238 g/mol. The Hall–Kier alpha value is -0.470. The Kier molecular flexibility index (Phi) is 5.74. The fourth-order valence-electron chi connectivity index (χ4n) is 1.73. The summed E-state index contributed by atoms with van der Waals surface area (Å²) in [6.45, 7) is 14.5. The van der Waals surface area contributed by atoms with Gasteiger partial charge in [0, 0.05) is 22.2 Å². The van der Waals surface area contributed by atoms with Gasteiger partial charge in [-0.1, -0.05) is 31.5 Å². The van der Waals surface area contributed by atoms with Crippen molar-refractivity contribution in [1.29, 1.82) is 0 Å². The van der Waals surface area contributed by atoms with Crippen molar-refractivity contribution in [1.82, 2.24) is 5.32 Å². The first-order valence-electron chi connectivity index (χ1n) is 6.83. The molecule has 0 bridgehead atoms. The largest absolute Gasteiger partial charge is 0.311 e. The van der Waals surface area contributed by atoms with Gasteiger partial charge in [-0.15, -0.1) is 11.8 Å². The smallest absolute Gasteiger partial charge is 0.0191 e. The Morgan fingerprint density at radius 2 is 1.94 bits per heavy atom. The van der Waals surface area contributed by atoms with Gasteiger partial charge in [0.05, 0.1) is 0 Å². The lowest BCUT2D eigenvalue weighted by Crippen LogP contribution is -2.41. The van der Waals surface area contributed by atoms with Crippen LogP contribution in [0, 0.1) is 13.8 Å². The van der Waals surface area contributed by atoms with Crippen molar-refractivity contribution < 1.29 is 0 Å². The van der Waals surface area contributed by atoms with Gasteiger partial charge in [-0.2, -0.15) is 0 Å². The van der Waals surface area contributed by atoms with E-state index in [0.29, 0.717) is 5.25 Å². The second-order valence-corrected chi connectivity index (χ2v) is 7.30. The van der Waals surface area contributed by atoms with Gasteiger partial charge in [-0.25, -0.2) is 0 Å². The molecule has 0 amide bonds. The number of thioether (sulfide) groups is 1. The van der Waals surface area contributed by atoms with Crippen LogP contribution in [0.4, 0.5) is 0 Å². The molecule has 0 heterocycles. The van der Waals surface area contributed by atoms with E-state index in [1.54, 1.807) is 0 Å². The van der Waals surface area contributed by atoms with E-state index in [2.05, 4.69) is 65.1 Å². The highest BCUT2D eigenvalue weighted by Crippen LogP contribution is 2.27. The Morgan fingerprint density at radius 1 is 1.28 bits per heavy atom. The third-order valence-corrected chi connectivity index (χ3v) is 4.69. The first kappa shape index (κ1) is 15.6. The van der Waals surface area contributed by atoms with Crippen molar-refractivity contribution in [3.05, 3.63) is 29.3 Å². The van der Waals surface area contributed by atoms with E-state index < -0.39 is 0 Å². The summed E-state index contributed by atoms with van der Waals surface area (Å²) in [5, 5.41) is 4.23. The van der Waals surface area contributed by atoms with Crippen LogP contribution in [0.1, 0.15) is 45.2 Å². The number of hydrogen-bond acceptors (Lipinski definition) is 2. The van der Waals surface area contributed by atoms with Gasteiger partial charge in [-0.05, 0) is 45.7 Å². The van der Waals surface area contributed by atoms with Crippen LogP contribution in [0.25, 0.3) is 0 Å². The lowest BCUT2D eigenvalue weighted by Gasteiger charge is -2.26. The maximum atomic E-state index is 3.64. The van der Waals surface area contributed by atoms with Crippen molar-refractivity contribution in [3.8, 4) is 0 Å². The van der Waals surface area contributed by atoms with E-state index in [1.165, 1.54) is 16.0 Å². The summed E-state index contributed by atoms with van der Waals surface area (Å²) in [7, 11) is 0. The van der Waals surface area contributed by atoms with E-state index >= 15 is 0 Å². The van der Waals surface area contributed by atoms with Crippen LogP contribution in [0.15, 0.2) is 23.1 Å². The predicted octanol–water partition coefficient (Wildman–Crippen LogP) is 4.56. The number of nitrogens with one attached hydrogen (secondary N) is 1. The van der Waals surface area contributed by atoms with Crippen LogP contribution < -0.4 is 5.32 Å². The van der Waals surface area contributed by atoms with E-state index in [1.807, 2.05) is 11.8 Å². The third-order valence-electron chi connectivity index (χ3n) is 3.41. The van der Waals surface area contributed by atoms with Crippen molar-refractivity contribution in [2.24, 2.45) is 0 Å². The summed E-state index contributed by atoms with van der Waals surface area (Å²) in [4.78, 5) is 1.41. The van der Waals surface area contributed by atoms with Gasteiger partial charge in [0.25, 0.3) is 0 Å². The van der Waals surface area contributed by atoms with Crippen LogP contribution in [0.5, 0.6) is 0 Å². The van der Waals surface area contributed by atoms with Gasteiger partial charge in [0.1, 0.15) is 0 Å². The molecule has 2 heteroatoms. The zero-order chi connectivity index (χ0) is 13.8. The van der Waals surface area contributed by atoms with Gasteiger partial charge < -0.3 is 5.32 Å². The maximum absolute atomic E-state index is 3.64. The molecule has 1 aromatic carbocycles. The Balaban J connectivity index is 2.52. The van der Waals surface area contributed by atoms with Gasteiger partial charge >= 0.3 is 0 Å². The molecule has 1 N–H and O–H groups in total. The second kappa shape index (κ2) is 6.63. The minimum atomic E-state index is 0.247. The monoisotopic (exact) mass is 265 g/mol. The number of aryl methyl sites for hydroxylation is 2. The van der Waals surface area contributed by atoms with E-state index in [4.69, 9.17) is 0 Å². The molecule has 0 aliphatic rings. The molecule has 1 rings (SSSR count). The van der Waals surface area contributed by atoms with Crippen LogP contribution in [0.3, 0.4) is 0 Å². The topological polar surface area (TPSA) is 12.0 Å². The zero-order valence-corrected chi connectivity index (χ0v) is 13.4. The van der Waals surface area contributed by atoms with Crippen molar-refractivity contribution in [2.45, 2.75) is 63.6 Å². The molecule has 1 nitrogen and oxygen atoms in total. The fourth-order valence-corrected chi connectivity index (χ4v) is 2.73. The SMILES string of the molecule is CCC(C)(C)NCC(C)Sc1ccc(C)cc1C. The highest BCUT2D eigenvalue weighted by molar-refractivity contribution is 8.00. The fraction of sp³-hybridized carbons (Fsp3) is 0.625. The molecule has 0 aromatic heterocycles. The zero-order valence-electron chi connectivity index (χ0n) is 12.6. The number of hydrogen-bond donors (Lipinski definition) is 1. The summed E-state index contributed by atoms with van der Waals surface area (Å²) in [5.41, 5.74) is 2.98. The van der Waals surface area contributed by atoms with Crippen molar-refractivity contribution in [2.75, 3.05) is 6.54 Å². The Bertz CT molecular complexity index is 385. The van der Waals surface area contributed by atoms with Gasteiger partial charge in [-0.3, -0.25) is 0 Å². The van der Waals surface area contributed by atoms with Crippen LogP contribution >= 0.6 is 11.8 Å². The average molecular weight is 265 g/mol. The minimum Gasteiger partial charge on any atom is -0.311 e. The lowest BCUT2D eigenvalue weighted by molar-refractivity contribution is 0.379. The highest BCUT2D eigenvalue weighted by atomic mass is 32.2. The number of benzene rings is 1. The van der Waals surface area contributed by atoms with E-state index in [-0.39, 0.29) is 5.54 Å². The molecule has 1 atom stereocenters. The molecule has 0 saturated carbocycles. The molecule has 0 saturated heterocycles. The minimum absolute atomic E-state index is 0.247. The second-order valence-electron chi connectivity index (χ2n) is 5.82. The molecule has 18 heavy (non-hydrogen) atoms. The van der Waals surface area contributed by atoms with Crippen molar-refractivity contribution >= 4 is 11.8 Å². The standard InChI is InChI=1S/C16H27NS/c1-7-16(5,6)17-11-14(4)18-15-9-8-12(2)10-13(15)3/h8-10,14,17H,7,11H2,1-6H3. The van der Waals surface area contributed by atoms with Crippen molar-refractivity contribution in [3.63, 3.8) is 0 Å². The highest BCUT2D eigenvalue weighted by Gasteiger charge is 2.15. The summed E-state index contributed by atoms with van der Waals surface area (Å²) in [6.07, 6.45) is 1.16. The molecule has 0 aliphatic heterocycles. The summed E-state index contributed by atoms with van der Waals surface area (Å²) < 4.78 is 0. The molecule has 0 aliphatic carbocycles. The van der Waals surface area contributed by atoms with Gasteiger partial charge in [0.2, 0.25) is 0 Å². The van der Waals surface area contributed by atoms with Gasteiger partial charge in [0.15, 0.2) is 0 Å².